The Balaban J connectivity index is 2.05. The third-order valence-electron chi connectivity index (χ3n) is 3.17. The van der Waals surface area contributed by atoms with Crippen LogP contribution in [-0.4, -0.2) is 17.9 Å². The molecule has 1 aromatic heterocycles. The number of nitrogens with zero attached hydrogens (tertiary/aromatic N) is 1. The minimum absolute atomic E-state index is 0.124. The highest BCUT2D eigenvalue weighted by atomic mass is 32.1. The molecule has 5 heteroatoms. The molecule has 3 rings (SSSR count). The predicted molar refractivity (Wildman–Crippen MR) is 71.3 cm³/mol. The fourth-order valence-electron chi connectivity index (χ4n) is 2.18. The molecule has 0 saturated heterocycles. The molecule has 0 unspecified atom stereocenters. The molecule has 0 fully saturated rings. The number of rotatable bonds is 2. The standard InChI is InChI=1S/C14H12FNO2S/c1-18-8-5-6-9(10(15)7-8)14-16-11-3-2-4-12(17)13(11)19-14/h5-7H,2-4H2,1H3. The zero-order valence-electron chi connectivity index (χ0n) is 10.4. The van der Waals surface area contributed by atoms with Crippen molar-refractivity contribution in [2.45, 2.75) is 19.3 Å². The summed E-state index contributed by atoms with van der Waals surface area (Å²) in [5.41, 5.74) is 1.24. The first-order chi connectivity index (χ1) is 9.19. The maximum atomic E-state index is 14.0. The summed E-state index contributed by atoms with van der Waals surface area (Å²) in [6, 6.07) is 4.67. The average Bonchev–Trinajstić information content (AvgIpc) is 2.83. The molecule has 3 nitrogen and oxygen atoms in total. The van der Waals surface area contributed by atoms with Crippen molar-refractivity contribution in [1.82, 2.24) is 4.98 Å². The second kappa shape index (κ2) is 4.74. The lowest BCUT2D eigenvalue weighted by Crippen LogP contribution is -2.07. The Morgan fingerprint density at radius 1 is 1.37 bits per heavy atom. The molecule has 19 heavy (non-hydrogen) atoms. The lowest BCUT2D eigenvalue weighted by Gasteiger charge is -2.06. The van der Waals surface area contributed by atoms with Crippen molar-refractivity contribution in [3.8, 4) is 16.3 Å². The molecule has 0 saturated carbocycles. The van der Waals surface area contributed by atoms with Gasteiger partial charge in [-0.3, -0.25) is 4.79 Å². The first-order valence-corrected chi connectivity index (χ1v) is 6.87. The monoisotopic (exact) mass is 277 g/mol. The van der Waals surface area contributed by atoms with E-state index in [0.717, 1.165) is 18.5 Å². The molecule has 98 valence electrons. The van der Waals surface area contributed by atoms with Crippen molar-refractivity contribution in [2.24, 2.45) is 0 Å². The summed E-state index contributed by atoms with van der Waals surface area (Å²) in [4.78, 5) is 16.9. The van der Waals surface area contributed by atoms with Crippen LogP contribution >= 0.6 is 11.3 Å². The van der Waals surface area contributed by atoms with Crippen LogP contribution < -0.4 is 4.74 Å². The Morgan fingerprint density at radius 2 is 2.21 bits per heavy atom. The minimum atomic E-state index is -0.377. The Kier molecular flexibility index (Phi) is 3.06. The van der Waals surface area contributed by atoms with Gasteiger partial charge in [0, 0.05) is 18.1 Å². The molecule has 1 aliphatic carbocycles. The largest absolute Gasteiger partial charge is 0.497 e. The van der Waals surface area contributed by atoms with Crippen LogP contribution in [0.5, 0.6) is 5.75 Å². The highest BCUT2D eigenvalue weighted by Gasteiger charge is 2.23. The Hall–Kier alpha value is -1.75. The number of fused-ring (bicyclic) bond motifs is 1. The Labute approximate surface area is 114 Å². The van der Waals surface area contributed by atoms with Gasteiger partial charge in [-0.1, -0.05) is 0 Å². The van der Waals surface area contributed by atoms with Crippen LogP contribution in [0.4, 0.5) is 4.39 Å². The lowest BCUT2D eigenvalue weighted by molar-refractivity contribution is 0.0976. The molecule has 2 aromatic rings. The maximum absolute atomic E-state index is 14.0. The van der Waals surface area contributed by atoms with Crippen LogP contribution in [0.25, 0.3) is 10.6 Å². The van der Waals surface area contributed by atoms with Crippen LogP contribution in [0.3, 0.4) is 0 Å². The van der Waals surface area contributed by atoms with Crippen molar-refractivity contribution in [2.75, 3.05) is 7.11 Å². The number of aromatic nitrogens is 1. The summed E-state index contributed by atoms with van der Waals surface area (Å²) in [5, 5.41) is 0.570. The van der Waals surface area contributed by atoms with E-state index in [-0.39, 0.29) is 11.6 Å². The van der Waals surface area contributed by atoms with Gasteiger partial charge in [-0.15, -0.1) is 11.3 Å². The van der Waals surface area contributed by atoms with Crippen molar-refractivity contribution in [3.05, 3.63) is 34.6 Å². The van der Waals surface area contributed by atoms with Crippen LogP contribution in [0, 0.1) is 5.82 Å². The molecule has 0 radical (unpaired) electrons. The van der Waals surface area contributed by atoms with E-state index in [1.54, 1.807) is 12.1 Å². The molecular formula is C14H12FNO2S. The van der Waals surface area contributed by atoms with Crippen molar-refractivity contribution >= 4 is 17.1 Å². The number of carbonyl (C=O) groups excluding carboxylic acids is 1. The molecule has 0 aliphatic heterocycles. The van der Waals surface area contributed by atoms with E-state index in [4.69, 9.17) is 4.74 Å². The van der Waals surface area contributed by atoms with Gasteiger partial charge in [-0.25, -0.2) is 9.37 Å². The molecule has 0 spiro atoms. The second-order valence-electron chi connectivity index (χ2n) is 4.42. The van der Waals surface area contributed by atoms with Gasteiger partial charge in [0.05, 0.1) is 17.7 Å². The molecule has 0 N–H and O–H groups in total. The number of hydrogen-bond acceptors (Lipinski definition) is 4. The van der Waals surface area contributed by atoms with Crippen LogP contribution in [0.2, 0.25) is 0 Å². The summed E-state index contributed by atoms with van der Waals surface area (Å²) in [6.45, 7) is 0. The van der Waals surface area contributed by atoms with Gasteiger partial charge in [-0.2, -0.15) is 0 Å². The molecule has 0 bridgehead atoms. The number of carbonyl (C=O) groups is 1. The second-order valence-corrected chi connectivity index (χ2v) is 5.42. The third-order valence-corrected chi connectivity index (χ3v) is 4.35. The molecular weight excluding hydrogens is 265 g/mol. The van der Waals surface area contributed by atoms with E-state index in [1.807, 2.05) is 0 Å². The van der Waals surface area contributed by atoms with Crippen LogP contribution in [-0.2, 0) is 6.42 Å². The van der Waals surface area contributed by atoms with Gasteiger partial charge in [0.2, 0.25) is 0 Å². The van der Waals surface area contributed by atoms with Crippen molar-refractivity contribution in [3.63, 3.8) is 0 Å². The number of thiazole rings is 1. The van der Waals surface area contributed by atoms with Crippen molar-refractivity contribution < 1.29 is 13.9 Å². The highest BCUT2D eigenvalue weighted by Crippen LogP contribution is 2.34. The zero-order chi connectivity index (χ0) is 13.4. The first-order valence-electron chi connectivity index (χ1n) is 6.06. The summed E-state index contributed by atoms with van der Waals surface area (Å²) in [5.74, 6) is 0.218. The third kappa shape index (κ3) is 2.14. The van der Waals surface area contributed by atoms with E-state index in [2.05, 4.69) is 4.98 Å². The molecule has 1 aromatic carbocycles. The molecule has 0 amide bonds. The van der Waals surface area contributed by atoms with Gasteiger partial charge >= 0.3 is 0 Å². The SMILES string of the molecule is COc1ccc(-c2nc3c(s2)C(=O)CCC3)c(F)c1. The highest BCUT2D eigenvalue weighted by molar-refractivity contribution is 7.17. The zero-order valence-corrected chi connectivity index (χ0v) is 11.2. The summed E-state index contributed by atoms with van der Waals surface area (Å²) >= 11 is 1.28. The predicted octanol–water partition coefficient (Wildman–Crippen LogP) is 3.48. The van der Waals surface area contributed by atoms with E-state index in [1.165, 1.54) is 24.5 Å². The number of halogens is 1. The van der Waals surface area contributed by atoms with Gasteiger partial charge in [0.1, 0.15) is 16.6 Å². The van der Waals surface area contributed by atoms with E-state index < -0.39 is 0 Å². The van der Waals surface area contributed by atoms with Crippen LogP contribution in [0.1, 0.15) is 28.2 Å². The number of ether oxygens (including phenoxy) is 1. The topological polar surface area (TPSA) is 39.2 Å². The number of aryl methyl sites for hydroxylation is 1. The summed E-state index contributed by atoms with van der Waals surface area (Å²) in [7, 11) is 1.50. The van der Waals surface area contributed by atoms with Gasteiger partial charge in [0.15, 0.2) is 5.78 Å². The number of hydrogen-bond donors (Lipinski definition) is 0. The molecule has 0 atom stereocenters. The quantitative estimate of drug-likeness (QED) is 0.843. The number of ketones is 1. The van der Waals surface area contributed by atoms with E-state index in [0.29, 0.717) is 27.6 Å². The van der Waals surface area contributed by atoms with Crippen molar-refractivity contribution in [1.29, 1.82) is 0 Å². The van der Waals surface area contributed by atoms with E-state index >= 15 is 0 Å². The molecule has 1 heterocycles. The lowest BCUT2D eigenvalue weighted by atomic mass is 10.0. The summed E-state index contributed by atoms with van der Waals surface area (Å²) in [6.07, 6.45) is 2.20. The van der Waals surface area contributed by atoms with Gasteiger partial charge in [-0.05, 0) is 25.0 Å². The molecule has 1 aliphatic rings. The minimum Gasteiger partial charge on any atom is -0.497 e. The van der Waals surface area contributed by atoms with Crippen LogP contribution in [0.15, 0.2) is 18.2 Å². The number of Topliss-reactive ketones (excluding diaryl/α,β-unsaturated/α-hetero) is 1. The Bertz CT molecular complexity index is 651. The summed E-state index contributed by atoms with van der Waals surface area (Å²) < 4.78 is 19.0. The van der Waals surface area contributed by atoms with Gasteiger partial charge in [0.25, 0.3) is 0 Å². The Morgan fingerprint density at radius 3 is 2.89 bits per heavy atom. The van der Waals surface area contributed by atoms with E-state index in [9.17, 15) is 9.18 Å². The van der Waals surface area contributed by atoms with Gasteiger partial charge < -0.3 is 4.74 Å². The number of benzene rings is 1. The smallest absolute Gasteiger partial charge is 0.174 e. The first kappa shape index (κ1) is 12.3. The average molecular weight is 277 g/mol. The fraction of sp³-hybridized carbons (Fsp3) is 0.286. The maximum Gasteiger partial charge on any atom is 0.174 e. The normalized spacial score (nSPS) is 14.3. The fourth-order valence-corrected chi connectivity index (χ4v) is 3.29. The number of methoxy groups -OCH3 is 1.